The van der Waals surface area contributed by atoms with Crippen molar-refractivity contribution in [1.29, 1.82) is 0 Å². The van der Waals surface area contributed by atoms with E-state index in [1.54, 1.807) is 0 Å². The topological polar surface area (TPSA) is 85.0 Å². The molecule has 2 unspecified atom stereocenters. The fourth-order valence-electron chi connectivity index (χ4n) is 2.42. The van der Waals surface area contributed by atoms with Crippen LogP contribution >= 0.6 is 0 Å². The monoisotopic (exact) mass is 289 g/mol. The SMILES string of the molecule is CC(CCc1ccc2c(c1)OCO2)NC(C)c1nn[nH]n1. The Morgan fingerprint density at radius 1 is 1.29 bits per heavy atom. The lowest BCUT2D eigenvalue weighted by molar-refractivity contribution is 0.174. The predicted molar refractivity (Wildman–Crippen MR) is 76.1 cm³/mol. The van der Waals surface area contributed by atoms with Gasteiger partial charge in [-0.15, -0.1) is 10.2 Å². The zero-order chi connectivity index (χ0) is 14.7. The first-order valence-corrected chi connectivity index (χ1v) is 7.10. The normalized spacial score (nSPS) is 15.9. The van der Waals surface area contributed by atoms with E-state index in [2.05, 4.69) is 45.0 Å². The van der Waals surface area contributed by atoms with Gasteiger partial charge in [0.2, 0.25) is 6.79 Å². The number of benzene rings is 1. The molecule has 1 aliphatic rings. The summed E-state index contributed by atoms with van der Waals surface area (Å²) in [7, 11) is 0. The van der Waals surface area contributed by atoms with Crippen LogP contribution in [0.25, 0.3) is 0 Å². The minimum Gasteiger partial charge on any atom is -0.454 e. The number of rotatable bonds is 6. The zero-order valence-electron chi connectivity index (χ0n) is 12.2. The Morgan fingerprint density at radius 2 is 2.14 bits per heavy atom. The van der Waals surface area contributed by atoms with Gasteiger partial charge in [0.1, 0.15) is 0 Å². The summed E-state index contributed by atoms with van der Waals surface area (Å²) in [4.78, 5) is 0. The lowest BCUT2D eigenvalue weighted by Gasteiger charge is -2.17. The van der Waals surface area contributed by atoms with Gasteiger partial charge in [-0.2, -0.15) is 5.21 Å². The van der Waals surface area contributed by atoms with Crippen molar-refractivity contribution >= 4 is 0 Å². The number of fused-ring (bicyclic) bond motifs is 1. The Kier molecular flexibility index (Phi) is 4.01. The molecule has 1 aliphatic heterocycles. The number of aromatic amines is 1. The summed E-state index contributed by atoms with van der Waals surface area (Å²) in [5.74, 6) is 2.36. The van der Waals surface area contributed by atoms with E-state index in [1.165, 1.54) is 5.56 Å². The highest BCUT2D eigenvalue weighted by atomic mass is 16.7. The summed E-state index contributed by atoms with van der Waals surface area (Å²) < 4.78 is 10.7. The molecule has 0 fully saturated rings. The van der Waals surface area contributed by atoms with E-state index in [9.17, 15) is 0 Å². The maximum Gasteiger partial charge on any atom is 0.231 e. The fraction of sp³-hybridized carbons (Fsp3) is 0.500. The lowest BCUT2D eigenvalue weighted by Crippen LogP contribution is -2.30. The molecule has 3 rings (SSSR count). The van der Waals surface area contributed by atoms with Gasteiger partial charge < -0.3 is 14.8 Å². The van der Waals surface area contributed by atoms with Crippen molar-refractivity contribution in [3.05, 3.63) is 29.6 Å². The number of ether oxygens (including phenoxy) is 2. The second-order valence-corrected chi connectivity index (χ2v) is 5.29. The summed E-state index contributed by atoms with van der Waals surface area (Å²) in [6.45, 7) is 4.50. The van der Waals surface area contributed by atoms with Crippen LogP contribution in [-0.4, -0.2) is 33.5 Å². The highest BCUT2D eigenvalue weighted by Gasteiger charge is 2.15. The van der Waals surface area contributed by atoms with Crippen molar-refractivity contribution in [3.8, 4) is 11.5 Å². The van der Waals surface area contributed by atoms with Crippen molar-refractivity contribution in [2.24, 2.45) is 0 Å². The number of hydrogen-bond donors (Lipinski definition) is 2. The molecular weight excluding hydrogens is 270 g/mol. The van der Waals surface area contributed by atoms with E-state index >= 15 is 0 Å². The number of aromatic nitrogens is 4. The minimum absolute atomic E-state index is 0.0792. The van der Waals surface area contributed by atoms with Gasteiger partial charge in [-0.3, -0.25) is 0 Å². The van der Waals surface area contributed by atoms with Crippen LogP contribution in [0.1, 0.15) is 37.7 Å². The largest absolute Gasteiger partial charge is 0.454 e. The minimum atomic E-state index is 0.0792. The smallest absolute Gasteiger partial charge is 0.231 e. The van der Waals surface area contributed by atoms with E-state index < -0.39 is 0 Å². The third-order valence-electron chi connectivity index (χ3n) is 3.59. The van der Waals surface area contributed by atoms with Gasteiger partial charge in [0.05, 0.1) is 6.04 Å². The molecule has 0 amide bonds. The average molecular weight is 289 g/mol. The van der Waals surface area contributed by atoms with Crippen molar-refractivity contribution in [1.82, 2.24) is 25.9 Å². The Balaban J connectivity index is 1.50. The number of tetrazole rings is 1. The highest BCUT2D eigenvalue weighted by molar-refractivity contribution is 5.44. The standard InChI is InChI=1S/C14H19N5O2/c1-9(15-10(2)14-16-18-19-17-14)3-4-11-5-6-12-13(7-11)21-8-20-12/h5-7,9-10,15H,3-4,8H2,1-2H3,(H,16,17,18,19). The molecule has 0 aliphatic carbocycles. The lowest BCUT2D eigenvalue weighted by atomic mass is 10.0. The second-order valence-electron chi connectivity index (χ2n) is 5.29. The molecule has 2 heterocycles. The van der Waals surface area contributed by atoms with Gasteiger partial charge in [-0.05, 0) is 44.4 Å². The van der Waals surface area contributed by atoms with Crippen LogP contribution in [0.5, 0.6) is 11.5 Å². The molecule has 7 nitrogen and oxygen atoms in total. The first-order chi connectivity index (χ1) is 10.2. The predicted octanol–water partition coefficient (Wildman–Crippen LogP) is 1.60. The van der Waals surface area contributed by atoms with E-state index in [1.807, 2.05) is 13.0 Å². The Morgan fingerprint density at radius 3 is 2.95 bits per heavy atom. The number of aryl methyl sites for hydroxylation is 1. The molecule has 0 radical (unpaired) electrons. The molecule has 2 atom stereocenters. The first kappa shape index (κ1) is 13.8. The fourth-order valence-corrected chi connectivity index (χ4v) is 2.42. The zero-order valence-corrected chi connectivity index (χ0v) is 12.2. The molecule has 1 aromatic heterocycles. The third kappa shape index (κ3) is 3.30. The van der Waals surface area contributed by atoms with E-state index in [0.29, 0.717) is 18.7 Å². The van der Waals surface area contributed by atoms with Crippen LogP contribution < -0.4 is 14.8 Å². The molecule has 2 N–H and O–H groups in total. The average Bonchev–Trinajstić information content (AvgIpc) is 3.15. The maximum atomic E-state index is 5.39. The van der Waals surface area contributed by atoms with Crippen LogP contribution in [0.15, 0.2) is 18.2 Å². The van der Waals surface area contributed by atoms with Crippen LogP contribution in [0.4, 0.5) is 0 Å². The summed E-state index contributed by atoms with van der Waals surface area (Å²) >= 11 is 0. The maximum absolute atomic E-state index is 5.39. The summed E-state index contributed by atoms with van der Waals surface area (Å²) in [6.07, 6.45) is 1.99. The molecule has 2 aromatic rings. The van der Waals surface area contributed by atoms with Crippen LogP contribution in [0, 0.1) is 0 Å². The number of hydrogen-bond acceptors (Lipinski definition) is 6. The van der Waals surface area contributed by atoms with Crippen LogP contribution in [0.3, 0.4) is 0 Å². The van der Waals surface area contributed by atoms with Gasteiger partial charge in [0.25, 0.3) is 0 Å². The van der Waals surface area contributed by atoms with E-state index in [-0.39, 0.29) is 6.04 Å². The summed E-state index contributed by atoms with van der Waals surface area (Å²) in [5.41, 5.74) is 1.25. The van der Waals surface area contributed by atoms with Gasteiger partial charge in [-0.1, -0.05) is 11.3 Å². The molecule has 112 valence electrons. The second kappa shape index (κ2) is 6.09. The number of nitrogens with zero attached hydrogens (tertiary/aromatic N) is 3. The van der Waals surface area contributed by atoms with E-state index in [0.717, 1.165) is 24.3 Å². The van der Waals surface area contributed by atoms with Crippen molar-refractivity contribution in [2.45, 2.75) is 38.8 Å². The van der Waals surface area contributed by atoms with Crippen molar-refractivity contribution in [3.63, 3.8) is 0 Å². The molecule has 0 spiro atoms. The van der Waals surface area contributed by atoms with Crippen LogP contribution in [0.2, 0.25) is 0 Å². The molecule has 21 heavy (non-hydrogen) atoms. The van der Waals surface area contributed by atoms with Gasteiger partial charge in [-0.25, -0.2) is 0 Å². The molecule has 0 saturated heterocycles. The summed E-state index contributed by atoms with van der Waals surface area (Å²) in [6, 6.07) is 6.54. The van der Waals surface area contributed by atoms with Crippen molar-refractivity contribution in [2.75, 3.05) is 6.79 Å². The number of H-pyrrole nitrogens is 1. The van der Waals surface area contributed by atoms with Crippen molar-refractivity contribution < 1.29 is 9.47 Å². The third-order valence-corrected chi connectivity index (χ3v) is 3.59. The molecule has 0 saturated carbocycles. The van der Waals surface area contributed by atoms with Gasteiger partial charge in [0, 0.05) is 6.04 Å². The van der Waals surface area contributed by atoms with Crippen LogP contribution in [-0.2, 0) is 6.42 Å². The Bertz CT molecular complexity index is 587. The van der Waals surface area contributed by atoms with E-state index in [4.69, 9.17) is 9.47 Å². The van der Waals surface area contributed by atoms with Gasteiger partial charge >= 0.3 is 0 Å². The highest BCUT2D eigenvalue weighted by Crippen LogP contribution is 2.32. The number of nitrogens with one attached hydrogen (secondary N) is 2. The summed E-state index contributed by atoms with van der Waals surface area (Å²) in [5, 5.41) is 17.5. The first-order valence-electron chi connectivity index (χ1n) is 7.10. The molecule has 0 bridgehead atoms. The molecule has 1 aromatic carbocycles. The molecular formula is C14H19N5O2. The Hall–Kier alpha value is -2.15. The Labute approximate surface area is 123 Å². The quantitative estimate of drug-likeness (QED) is 0.840. The van der Waals surface area contributed by atoms with Gasteiger partial charge in [0.15, 0.2) is 17.3 Å². The molecule has 7 heteroatoms.